The van der Waals surface area contributed by atoms with Crippen LogP contribution in [0, 0.1) is 5.92 Å². The molecular weight excluding hydrogens is 196 g/mol. The third-order valence-corrected chi connectivity index (χ3v) is 3.72. The van der Waals surface area contributed by atoms with Gasteiger partial charge < -0.3 is 11.1 Å². The van der Waals surface area contributed by atoms with Crippen LogP contribution in [0.5, 0.6) is 0 Å². The molecule has 1 amide bonds. The van der Waals surface area contributed by atoms with Crippen molar-refractivity contribution >= 4 is 17.7 Å². The fourth-order valence-electron chi connectivity index (χ4n) is 1.44. The summed E-state index contributed by atoms with van der Waals surface area (Å²) in [5, 5.41) is 3.06. The van der Waals surface area contributed by atoms with Crippen molar-refractivity contribution in [1.29, 1.82) is 0 Å². The van der Waals surface area contributed by atoms with Crippen molar-refractivity contribution in [2.75, 3.05) is 18.1 Å². The average Bonchev–Trinajstić information content (AvgIpc) is 2.66. The Morgan fingerprint density at radius 1 is 1.71 bits per heavy atom. The summed E-state index contributed by atoms with van der Waals surface area (Å²) >= 11 is 1.92. The van der Waals surface area contributed by atoms with Gasteiger partial charge in [0.05, 0.1) is 0 Å². The van der Waals surface area contributed by atoms with E-state index in [1.54, 1.807) is 0 Å². The van der Waals surface area contributed by atoms with Crippen LogP contribution in [0.2, 0.25) is 0 Å². The predicted octanol–water partition coefficient (Wildman–Crippen LogP) is 0.983. The summed E-state index contributed by atoms with van der Waals surface area (Å²) in [5.74, 6) is 2.92. The van der Waals surface area contributed by atoms with E-state index in [-0.39, 0.29) is 5.91 Å². The Balaban J connectivity index is 2.09. The van der Waals surface area contributed by atoms with Gasteiger partial charge in [-0.15, -0.1) is 0 Å². The topological polar surface area (TPSA) is 55.1 Å². The second-order valence-electron chi connectivity index (χ2n) is 4.01. The molecule has 0 bridgehead atoms. The molecule has 1 saturated heterocycles. The minimum atomic E-state index is 0.192. The molecule has 2 unspecified atom stereocenters. The van der Waals surface area contributed by atoms with Crippen molar-refractivity contribution < 1.29 is 4.79 Å². The smallest absolute Gasteiger partial charge is 0.220 e. The van der Waals surface area contributed by atoms with E-state index >= 15 is 0 Å². The van der Waals surface area contributed by atoms with Crippen LogP contribution in [-0.2, 0) is 4.79 Å². The van der Waals surface area contributed by atoms with Gasteiger partial charge in [0.1, 0.15) is 0 Å². The molecule has 3 nitrogen and oxygen atoms in total. The van der Waals surface area contributed by atoms with Crippen molar-refractivity contribution in [3.63, 3.8) is 0 Å². The number of rotatable bonds is 5. The number of nitrogens with two attached hydrogens (primary N) is 1. The lowest BCUT2D eigenvalue weighted by Gasteiger charge is -2.12. The number of nitrogens with one attached hydrogen (secondary N) is 1. The highest BCUT2D eigenvalue weighted by molar-refractivity contribution is 7.99. The summed E-state index contributed by atoms with van der Waals surface area (Å²) < 4.78 is 0. The second-order valence-corrected chi connectivity index (χ2v) is 5.16. The van der Waals surface area contributed by atoms with Gasteiger partial charge in [-0.25, -0.2) is 0 Å². The number of amides is 1. The minimum Gasteiger partial charge on any atom is -0.353 e. The van der Waals surface area contributed by atoms with Crippen molar-refractivity contribution in [3.8, 4) is 0 Å². The lowest BCUT2D eigenvalue weighted by Crippen LogP contribution is -2.34. The zero-order valence-corrected chi connectivity index (χ0v) is 9.61. The molecule has 1 fully saturated rings. The number of thioether (sulfide) groups is 1. The van der Waals surface area contributed by atoms with Crippen LogP contribution in [0.4, 0.5) is 0 Å². The molecule has 0 aromatic heterocycles. The maximum absolute atomic E-state index is 11.5. The normalized spacial score (nSPS) is 23.4. The molecule has 2 atom stereocenters. The number of hydrogen-bond donors (Lipinski definition) is 2. The van der Waals surface area contributed by atoms with Crippen molar-refractivity contribution in [3.05, 3.63) is 0 Å². The molecule has 0 aromatic carbocycles. The summed E-state index contributed by atoms with van der Waals surface area (Å²) in [7, 11) is 0. The van der Waals surface area contributed by atoms with Crippen LogP contribution < -0.4 is 11.1 Å². The zero-order valence-electron chi connectivity index (χ0n) is 8.79. The highest BCUT2D eigenvalue weighted by atomic mass is 32.2. The molecule has 14 heavy (non-hydrogen) atoms. The second kappa shape index (κ2) is 6.30. The van der Waals surface area contributed by atoms with Gasteiger partial charge >= 0.3 is 0 Å². The molecule has 1 heterocycles. The Bertz CT molecular complexity index is 181. The summed E-state index contributed by atoms with van der Waals surface area (Å²) in [5.41, 5.74) is 5.49. The van der Waals surface area contributed by atoms with Crippen LogP contribution in [-0.4, -0.2) is 30.0 Å². The summed E-state index contributed by atoms with van der Waals surface area (Å²) in [6, 6.07) is 0.417. The quantitative estimate of drug-likeness (QED) is 0.720. The zero-order chi connectivity index (χ0) is 10.4. The largest absolute Gasteiger partial charge is 0.353 e. The van der Waals surface area contributed by atoms with E-state index < -0.39 is 0 Å². The van der Waals surface area contributed by atoms with Crippen LogP contribution in [0.3, 0.4) is 0 Å². The van der Waals surface area contributed by atoms with Crippen LogP contribution in [0.25, 0.3) is 0 Å². The van der Waals surface area contributed by atoms with E-state index in [4.69, 9.17) is 5.73 Å². The Morgan fingerprint density at radius 2 is 2.50 bits per heavy atom. The maximum atomic E-state index is 11.5. The maximum Gasteiger partial charge on any atom is 0.220 e. The number of carbonyl (C=O) groups excluding carboxylic acids is 1. The summed E-state index contributed by atoms with van der Waals surface area (Å²) in [6.07, 6.45) is 2.66. The average molecular weight is 216 g/mol. The fourth-order valence-corrected chi connectivity index (χ4v) is 2.60. The van der Waals surface area contributed by atoms with Gasteiger partial charge in [0.25, 0.3) is 0 Å². The van der Waals surface area contributed by atoms with Crippen LogP contribution in [0.1, 0.15) is 26.2 Å². The first kappa shape index (κ1) is 11.9. The molecule has 0 aromatic rings. The van der Waals surface area contributed by atoms with Crippen LogP contribution >= 0.6 is 11.8 Å². The molecule has 0 saturated carbocycles. The van der Waals surface area contributed by atoms with E-state index in [9.17, 15) is 4.79 Å². The molecule has 4 heteroatoms. The monoisotopic (exact) mass is 216 g/mol. The molecule has 3 N–H and O–H groups in total. The SMILES string of the molecule is CC(CN)CCC(=O)NC1CCSC1. The van der Waals surface area contributed by atoms with Gasteiger partial charge in [0, 0.05) is 18.2 Å². The molecule has 0 aliphatic carbocycles. The first-order chi connectivity index (χ1) is 6.72. The molecule has 0 radical (unpaired) electrons. The first-order valence-corrected chi connectivity index (χ1v) is 6.45. The molecule has 1 aliphatic rings. The highest BCUT2D eigenvalue weighted by Crippen LogP contribution is 2.17. The standard InChI is InChI=1S/C10H20N2OS/c1-8(6-11)2-3-10(13)12-9-4-5-14-7-9/h8-9H,2-7,11H2,1H3,(H,12,13). The molecular formula is C10H20N2OS. The lowest BCUT2D eigenvalue weighted by atomic mass is 10.1. The Kier molecular flexibility index (Phi) is 5.33. The third-order valence-electron chi connectivity index (χ3n) is 2.56. The third kappa shape index (κ3) is 4.33. The van der Waals surface area contributed by atoms with E-state index in [0.29, 0.717) is 24.9 Å². The number of carbonyl (C=O) groups is 1. The fraction of sp³-hybridized carbons (Fsp3) is 0.900. The first-order valence-electron chi connectivity index (χ1n) is 5.29. The Morgan fingerprint density at radius 3 is 3.07 bits per heavy atom. The molecule has 1 aliphatic heterocycles. The van der Waals surface area contributed by atoms with Crippen molar-refractivity contribution in [2.24, 2.45) is 11.7 Å². The van der Waals surface area contributed by atoms with Gasteiger partial charge in [-0.2, -0.15) is 11.8 Å². The van der Waals surface area contributed by atoms with E-state index in [2.05, 4.69) is 12.2 Å². The lowest BCUT2D eigenvalue weighted by molar-refractivity contribution is -0.121. The van der Waals surface area contributed by atoms with Gasteiger partial charge in [-0.3, -0.25) is 4.79 Å². The van der Waals surface area contributed by atoms with E-state index in [1.807, 2.05) is 11.8 Å². The summed E-state index contributed by atoms with van der Waals surface area (Å²) in [6.45, 7) is 2.76. The summed E-state index contributed by atoms with van der Waals surface area (Å²) in [4.78, 5) is 11.5. The van der Waals surface area contributed by atoms with E-state index in [0.717, 1.165) is 18.6 Å². The Hall–Kier alpha value is -0.220. The van der Waals surface area contributed by atoms with Gasteiger partial charge in [-0.05, 0) is 31.1 Å². The number of hydrogen-bond acceptors (Lipinski definition) is 3. The van der Waals surface area contributed by atoms with Gasteiger partial charge in [0.2, 0.25) is 5.91 Å². The van der Waals surface area contributed by atoms with Crippen molar-refractivity contribution in [2.45, 2.75) is 32.2 Å². The van der Waals surface area contributed by atoms with Crippen molar-refractivity contribution in [1.82, 2.24) is 5.32 Å². The minimum absolute atomic E-state index is 0.192. The predicted molar refractivity (Wildman–Crippen MR) is 61.3 cm³/mol. The molecule has 0 spiro atoms. The molecule has 82 valence electrons. The Labute approximate surface area is 90.2 Å². The van der Waals surface area contributed by atoms with Crippen LogP contribution in [0.15, 0.2) is 0 Å². The highest BCUT2D eigenvalue weighted by Gasteiger charge is 2.17. The van der Waals surface area contributed by atoms with E-state index in [1.165, 1.54) is 5.75 Å². The molecule has 1 rings (SSSR count). The van der Waals surface area contributed by atoms with Gasteiger partial charge in [0.15, 0.2) is 0 Å². The van der Waals surface area contributed by atoms with Gasteiger partial charge in [-0.1, -0.05) is 6.92 Å².